The van der Waals surface area contributed by atoms with Crippen LogP contribution in [0.3, 0.4) is 0 Å². The molecule has 3 heteroatoms. The first kappa shape index (κ1) is 14.9. The van der Waals surface area contributed by atoms with Crippen LogP contribution in [0.4, 0.5) is 0 Å². The quantitative estimate of drug-likeness (QED) is 0.639. The Kier molecular flexibility index (Phi) is 4.34. The lowest BCUT2D eigenvalue weighted by Gasteiger charge is -2.27. The minimum absolute atomic E-state index is 0.156. The summed E-state index contributed by atoms with van der Waals surface area (Å²) >= 11 is 1.68. The van der Waals surface area contributed by atoms with E-state index in [9.17, 15) is 4.79 Å². The molecular weight excluding hydrogens is 290 g/mol. The average Bonchev–Trinajstić information content (AvgIpc) is 2.55. The topological polar surface area (TPSA) is 20.3 Å². The van der Waals surface area contributed by atoms with Crippen LogP contribution in [-0.2, 0) is 0 Å². The summed E-state index contributed by atoms with van der Waals surface area (Å²) in [7, 11) is 0. The van der Waals surface area contributed by atoms with Crippen molar-refractivity contribution in [3.05, 3.63) is 64.5 Å². The monoisotopic (exact) mass is 309 g/mol. The molecule has 1 unspecified atom stereocenters. The second-order valence-electron chi connectivity index (χ2n) is 5.49. The predicted octanol–water partition coefficient (Wildman–Crippen LogP) is 2.51. The maximum atomic E-state index is 12.5. The van der Waals surface area contributed by atoms with Crippen molar-refractivity contribution in [2.45, 2.75) is 17.9 Å². The molecule has 22 heavy (non-hydrogen) atoms. The lowest BCUT2D eigenvalue weighted by molar-refractivity contribution is 0.0956. The molecule has 2 aromatic rings. The van der Waals surface area contributed by atoms with Crippen LogP contribution in [0.25, 0.3) is 12.3 Å². The van der Waals surface area contributed by atoms with E-state index in [4.69, 9.17) is 0 Å². The average molecular weight is 309 g/mol. The summed E-state index contributed by atoms with van der Waals surface area (Å²) in [5.74, 6) is 0.156. The third kappa shape index (κ3) is 3.09. The Morgan fingerprint density at radius 3 is 2.45 bits per heavy atom. The van der Waals surface area contributed by atoms with Crippen LogP contribution in [0.5, 0.6) is 0 Å². The number of Topliss-reactive ketones (excluding diaryl/α,β-unsaturated/α-hetero) is 1. The molecule has 3 rings (SSSR count). The SMILES string of the molecule is CSc1ccc(C(=O)CN2C=c3ccccc3=CC2C)cc1. The van der Waals surface area contributed by atoms with E-state index in [1.165, 1.54) is 15.3 Å². The molecular formula is C19H19NOS. The molecule has 2 aromatic carbocycles. The van der Waals surface area contributed by atoms with Crippen LogP contribution in [0.1, 0.15) is 17.3 Å². The second kappa shape index (κ2) is 6.41. The first-order chi connectivity index (χ1) is 10.7. The lowest BCUT2D eigenvalue weighted by Crippen LogP contribution is -2.42. The van der Waals surface area contributed by atoms with Gasteiger partial charge in [0.05, 0.1) is 6.54 Å². The molecule has 0 bridgehead atoms. The summed E-state index contributed by atoms with van der Waals surface area (Å²) in [4.78, 5) is 15.8. The highest BCUT2D eigenvalue weighted by Crippen LogP contribution is 2.16. The van der Waals surface area contributed by atoms with Gasteiger partial charge in [0, 0.05) is 22.7 Å². The number of ketones is 1. The number of benzene rings is 2. The van der Waals surface area contributed by atoms with E-state index in [1.807, 2.05) is 42.7 Å². The molecule has 0 radical (unpaired) electrons. The summed E-state index contributed by atoms with van der Waals surface area (Å²) in [5, 5.41) is 2.41. The van der Waals surface area contributed by atoms with Crippen molar-refractivity contribution in [3.63, 3.8) is 0 Å². The van der Waals surface area contributed by atoms with E-state index >= 15 is 0 Å². The molecule has 0 fully saturated rings. The highest BCUT2D eigenvalue weighted by molar-refractivity contribution is 7.98. The van der Waals surface area contributed by atoms with Gasteiger partial charge in [0.1, 0.15) is 0 Å². The van der Waals surface area contributed by atoms with Gasteiger partial charge in [-0.3, -0.25) is 4.79 Å². The molecule has 0 amide bonds. The smallest absolute Gasteiger partial charge is 0.182 e. The summed E-state index contributed by atoms with van der Waals surface area (Å²) in [6, 6.07) is 16.3. The molecule has 0 spiro atoms. The molecule has 0 saturated carbocycles. The largest absolute Gasteiger partial charge is 0.363 e. The van der Waals surface area contributed by atoms with Gasteiger partial charge in [-0.05, 0) is 35.7 Å². The normalized spacial score (nSPS) is 16.5. The summed E-state index contributed by atoms with van der Waals surface area (Å²) < 4.78 is 0. The van der Waals surface area contributed by atoms with Crippen molar-refractivity contribution in [1.82, 2.24) is 4.90 Å². The number of hydrogen-bond acceptors (Lipinski definition) is 3. The van der Waals surface area contributed by atoms with Gasteiger partial charge in [-0.15, -0.1) is 11.8 Å². The first-order valence-corrected chi connectivity index (χ1v) is 8.61. The van der Waals surface area contributed by atoms with E-state index < -0.39 is 0 Å². The van der Waals surface area contributed by atoms with Crippen LogP contribution in [-0.4, -0.2) is 29.5 Å². The third-order valence-electron chi connectivity index (χ3n) is 3.98. The number of carbonyl (C=O) groups excluding carboxylic acids is 1. The number of nitrogens with zero attached hydrogens (tertiary/aromatic N) is 1. The maximum Gasteiger partial charge on any atom is 0.182 e. The number of rotatable bonds is 4. The molecule has 1 aliphatic rings. The molecule has 0 aliphatic carbocycles. The molecule has 0 aromatic heterocycles. The Bertz CT molecular complexity index is 795. The van der Waals surface area contributed by atoms with Gasteiger partial charge >= 0.3 is 0 Å². The van der Waals surface area contributed by atoms with Crippen LogP contribution in [0.2, 0.25) is 0 Å². The second-order valence-corrected chi connectivity index (χ2v) is 6.37. The number of thioether (sulfide) groups is 1. The van der Waals surface area contributed by atoms with Crippen LogP contribution < -0.4 is 10.4 Å². The van der Waals surface area contributed by atoms with E-state index in [0.717, 1.165) is 5.56 Å². The van der Waals surface area contributed by atoms with E-state index in [2.05, 4.69) is 36.2 Å². The maximum absolute atomic E-state index is 12.5. The third-order valence-corrected chi connectivity index (χ3v) is 4.73. The van der Waals surface area contributed by atoms with Crippen molar-refractivity contribution in [3.8, 4) is 0 Å². The number of hydrogen-bond donors (Lipinski definition) is 0. The van der Waals surface area contributed by atoms with Gasteiger partial charge in [0.15, 0.2) is 5.78 Å². The lowest BCUT2D eigenvalue weighted by atomic mass is 10.1. The zero-order valence-electron chi connectivity index (χ0n) is 12.8. The molecule has 1 aliphatic heterocycles. The van der Waals surface area contributed by atoms with E-state index in [-0.39, 0.29) is 11.8 Å². The fourth-order valence-corrected chi connectivity index (χ4v) is 3.06. The molecule has 0 N–H and O–H groups in total. The van der Waals surface area contributed by atoms with E-state index in [0.29, 0.717) is 6.54 Å². The Labute approximate surface area is 135 Å². The van der Waals surface area contributed by atoms with Crippen LogP contribution in [0.15, 0.2) is 53.4 Å². The van der Waals surface area contributed by atoms with Gasteiger partial charge in [0.25, 0.3) is 0 Å². The Hall–Kier alpha value is -2.00. The zero-order valence-corrected chi connectivity index (χ0v) is 13.6. The predicted molar refractivity (Wildman–Crippen MR) is 93.3 cm³/mol. The fourth-order valence-electron chi connectivity index (χ4n) is 2.66. The Balaban J connectivity index is 1.80. The zero-order chi connectivity index (χ0) is 15.5. The summed E-state index contributed by atoms with van der Waals surface area (Å²) in [6.45, 7) is 2.53. The highest BCUT2D eigenvalue weighted by atomic mass is 32.2. The molecule has 2 nitrogen and oxygen atoms in total. The van der Waals surface area contributed by atoms with Gasteiger partial charge in [-0.1, -0.05) is 42.5 Å². The van der Waals surface area contributed by atoms with Crippen molar-refractivity contribution in [1.29, 1.82) is 0 Å². The molecule has 1 atom stereocenters. The fraction of sp³-hybridized carbons (Fsp3) is 0.211. The van der Waals surface area contributed by atoms with Crippen molar-refractivity contribution in [2.75, 3.05) is 12.8 Å². The van der Waals surface area contributed by atoms with Crippen LogP contribution >= 0.6 is 11.8 Å². The minimum atomic E-state index is 0.156. The van der Waals surface area contributed by atoms with Gasteiger partial charge < -0.3 is 4.90 Å². The standard InChI is InChI=1S/C19H19NOS/c1-14-11-16-5-3-4-6-17(16)12-20(14)13-19(21)15-7-9-18(22-2)10-8-15/h3-12,14H,13H2,1-2H3. The molecule has 1 heterocycles. The van der Waals surface area contributed by atoms with Gasteiger partial charge in [-0.25, -0.2) is 0 Å². The van der Waals surface area contributed by atoms with Gasteiger partial charge in [0.2, 0.25) is 0 Å². The number of carbonyl (C=O) groups is 1. The van der Waals surface area contributed by atoms with Crippen molar-refractivity contribution in [2.24, 2.45) is 0 Å². The molecule has 0 saturated heterocycles. The minimum Gasteiger partial charge on any atom is -0.363 e. The molecule has 112 valence electrons. The number of fused-ring (bicyclic) bond motifs is 1. The summed E-state index contributed by atoms with van der Waals surface area (Å²) in [6.07, 6.45) is 6.34. The van der Waals surface area contributed by atoms with Crippen molar-refractivity contribution >= 4 is 29.8 Å². The Morgan fingerprint density at radius 2 is 1.77 bits per heavy atom. The van der Waals surface area contributed by atoms with E-state index in [1.54, 1.807) is 11.8 Å². The van der Waals surface area contributed by atoms with Crippen molar-refractivity contribution < 1.29 is 4.79 Å². The Morgan fingerprint density at radius 1 is 1.09 bits per heavy atom. The van der Waals surface area contributed by atoms with Crippen LogP contribution in [0, 0.1) is 0 Å². The first-order valence-electron chi connectivity index (χ1n) is 7.39. The summed E-state index contributed by atoms with van der Waals surface area (Å²) in [5.41, 5.74) is 0.775. The highest BCUT2D eigenvalue weighted by Gasteiger charge is 2.16. The van der Waals surface area contributed by atoms with Gasteiger partial charge in [-0.2, -0.15) is 0 Å².